The average molecular weight is 701 g/mol. The summed E-state index contributed by atoms with van der Waals surface area (Å²) >= 11 is 0. The molecule has 0 bridgehead atoms. The molecule has 272 valence electrons. The standard InChI is InChI=1S/C41H48O10/c1-3-38(42)47-27-8-5-4-7-25-45-36-21-17-34(18-22-36)41(44)51-37-23-15-33(16-24-37)32-13-19-35(20-14-32)46-26-10-11-29-49-40(43)31(2)30-50-39-12-6-9-28-48-39/h3,13-24,39H,1-2,4-12,25-30H2. The topological polar surface area (TPSA) is 116 Å². The van der Waals surface area contributed by atoms with Crippen LogP contribution in [0.5, 0.6) is 17.2 Å². The van der Waals surface area contributed by atoms with E-state index in [0.717, 1.165) is 74.3 Å². The van der Waals surface area contributed by atoms with Crippen molar-refractivity contribution in [3.8, 4) is 28.4 Å². The Morgan fingerprint density at radius 2 is 1.24 bits per heavy atom. The molecule has 4 rings (SSSR count). The third-order valence-corrected chi connectivity index (χ3v) is 7.97. The molecule has 0 radical (unpaired) electrons. The number of benzene rings is 3. The summed E-state index contributed by atoms with van der Waals surface area (Å²) in [5, 5.41) is 0. The molecule has 1 heterocycles. The molecule has 0 saturated carbocycles. The van der Waals surface area contributed by atoms with E-state index >= 15 is 0 Å². The SMILES string of the molecule is C=CC(=O)OCCCCCCOc1ccc(C(=O)Oc2ccc(-c3ccc(OCCCCOC(=O)C(=C)COC4CCCCO4)cc3)cc2)cc1. The maximum Gasteiger partial charge on any atom is 0.343 e. The van der Waals surface area contributed by atoms with Gasteiger partial charge in [0.1, 0.15) is 17.2 Å². The predicted octanol–water partition coefficient (Wildman–Crippen LogP) is 8.04. The molecule has 1 saturated heterocycles. The Morgan fingerprint density at radius 1 is 0.686 bits per heavy atom. The highest BCUT2D eigenvalue weighted by atomic mass is 16.7. The van der Waals surface area contributed by atoms with Crippen molar-refractivity contribution in [1.82, 2.24) is 0 Å². The third kappa shape index (κ3) is 14.4. The minimum absolute atomic E-state index is 0.108. The molecule has 51 heavy (non-hydrogen) atoms. The van der Waals surface area contributed by atoms with E-state index in [0.29, 0.717) is 49.9 Å². The average Bonchev–Trinajstić information content (AvgIpc) is 3.17. The third-order valence-electron chi connectivity index (χ3n) is 7.97. The van der Waals surface area contributed by atoms with E-state index in [-0.39, 0.29) is 25.1 Å². The smallest absolute Gasteiger partial charge is 0.343 e. The summed E-state index contributed by atoms with van der Waals surface area (Å²) in [7, 11) is 0. The van der Waals surface area contributed by atoms with Gasteiger partial charge < -0.3 is 33.2 Å². The van der Waals surface area contributed by atoms with Crippen LogP contribution in [0.4, 0.5) is 0 Å². The lowest BCUT2D eigenvalue weighted by molar-refractivity contribution is -0.160. The Morgan fingerprint density at radius 3 is 1.84 bits per heavy atom. The quantitative estimate of drug-likeness (QED) is 0.0441. The van der Waals surface area contributed by atoms with Crippen molar-refractivity contribution in [1.29, 1.82) is 0 Å². The molecule has 0 aliphatic carbocycles. The van der Waals surface area contributed by atoms with Crippen LogP contribution < -0.4 is 14.2 Å². The maximum atomic E-state index is 12.7. The Kier molecular flexibility index (Phi) is 16.8. The fourth-order valence-electron chi connectivity index (χ4n) is 5.05. The number of hydrogen-bond acceptors (Lipinski definition) is 10. The monoisotopic (exact) mass is 700 g/mol. The Hall–Kier alpha value is -4.93. The highest BCUT2D eigenvalue weighted by Crippen LogP contribution is 2.25. The number of unbranched alkanes of at least 4 members (excludes halogenated alkanes) is 4. The first-order chi connectivity index (χ1) is 24.9. The zero-order valence-electron chi connectivity index (χ0n) is 29.2. The summed E-state index contributed by atoms with van der Waals surface area (Å²) in [4.78, 5) is 35.8. The first-order valence-corrected chi connectivity index (χ1v) is 17.6. The van der Waals surface area contributed by atoms with Crippen LogP contribution >= 0.6 is 0 Å². The largest absolute Gasteiger partial charge is 0.494 e. The second-order valence-corrected chi connectivity index (χ2v) is 12.0. The van der Waals surface area contributed by atoms with Crippen LogP contribution in [-0.4, -0.2) is 63.8 Å². The van der Waals surface area contributed by atoms with Crippen molar-refractivity contribution in [2.24, 2.45) is 0 Å². The molecule has 1 fully saturated rings. The number of rotatable bonds is 22. The maximum absolute atomic E-state index is 12.7. The van der Waals surface area contributed by atoms with E-state index in [1.54, 1.807) is 36.4 Å². The summed E-state index contributed by atoms with van der Waals surface area (Å²) in [5.41, 5.74) is 2.68. The van der Waals surface area contributed by atoms with Gasteiger partial charge in [-0.25, -0.2) is 14.4 Å². The highest BCUT2D eigenvalue weighted by Gasteiger charge is 2.17. The van der Waals surface area contributed by atoms with Crippen LogP contribution in [0, 0.1) is 0 Å². The summed E-state index contributed by atoms with van der Waals surface area (Å²) in [6, 6.07) is 21.9. The van der Waals surface area contributed by atoms with Crippen LogP contribution in [-0.2, 0) is 28.5 Å². The van der Waals surface area contributed by atoms with Gasteiger partial charge in [0.2, 0.25) is 0 Å². The number of esters is 3. The molecular formula is C41H48O10. The number of carbonyl (C=O) groups excluding carboxylic acids is 3. The molecule has 0 aromatic heterocycles. The fourth-order valence-corrected chi connectivity index (χ4v) is 5.05. The van der Waals surface area contributed by atoms with Crippen molar-refractivity contribution >= 4 is 17.9 Å². The van der Waals surface area contributed by atoms with E-state index in [4.69, 9.17) is 33.2 Å². The van der Waals surface area contributed by atoms with Gasteiger partial charge in [-0.15, -0.1) is 0 Å². The predicted molar refractivity (Wildman–Crippen MR) is 193 cm³/mol. The lowest BCUT2D eigenvalue weighted by Gasteiger charge is -2.22. The van der Waals surface area contributed by atoms with E-state index in [9.17, 15) is 14.4 Å². The van der Waals surface area contributed by atoms with Crippen LogP contribution in [0.2, 0.25) is 0 Å². The number of carbonyl (C=O) groups is 3. The molecule has 1 unspecified atom stereocenters. The second-order valence-electron chi connectivity index (χ2n) is 12.0. The molecular weight excluding hydrogens is 652 g/mol. The van der Waals surface area contributed by atoms with E-state index in [2.05, 4.69) is 13.2 Å². The summed E-state index contributed by atoms with van der Waals surface area (Å²) in [6.45, 7) is 9.66. The molecule has 10 nitrogen and oxygen atoms in total. The van der Waals surface area contributed by atoms with E-state index < -0.39 is 17.9 Å². The van der Waals surface area contributed by atoms with Crippen molar-refractivity contribution in [3.63, 3.8) is 0 Å². The highest BCUT2D eigenvalue weighted by molar-refractivity contribution is 5.91. The first kappa shape index (κ1) is 38.9. The summed E-state index contributed by atoms with van der Waals surface area (Å²) in [5.74, 6) is 0.571. The molecule has 3 aromatic rings. The van der Waals surface area contributed by atoms with Crippen LogP contribution in [0.1, 0.15) is 68.1 Å². The van der Waals surface area contributed by atoms with Crippen molar-refractivity contribution in [2.45, 2.75) is 64.1 Å². The second kappa shape index (κ2) is 22.0. The van der Waals surface area contributed by atoms with Crippen molar-refractivity contribution in [3.05, 3.63) is 103 Å². The van der Waals surface area contributed by atoms with Gasteiger partial charge in [0.15, 0.2) is 6.29 Å². The minimum Gasteiger partial charge on any atom is -0.494 e. The molecule has 0 spiro atoms. The zero-order valence-corrected chi connectivity index (χ0v) is 29.2. The van der Waals surface area contributed by atoms with E-state index in [1.807, 2.05) is 36.4 Å². The summed E-state index contributed by atoms with van der Waals surface area (Å²) in [6.07, 6.45) is 8.80. The fraction of sp³-hybridized carbons (Fsp3) is 0.390. The van der Waals surface area contributed by atoms with Gasteiger partial charge in [-0.1, -0.05) is 37.4 Å². The van der Waals surface area contributed by atoms with Gasteiger partial charge in [0.25, 0.3) is 0 Å². The van der Waals surface area contributed by atoms with Gasteiger partial charge in [-0.3, -0.25) is 0 Å². The Bertz CT molecular complexity index is 1520. The molecule has 1 atom stereocenters. The van der Waals surface area contributed by atoms with Gasteiger partial charge in [-0.2, -0.15) is 0 Å². The van der Waals surface area contributed by atoms with Crippen LogP contribution in [0.15, 0.2) is 97.6 Å². The minimum atomic E-state index is -0.452. The van der Waals surface area contributed by atoms with Crippen LogP contribution in [0.3, 0.4) is 0 Å². The first-order valence-electron chi connectivity index (χ1n) is 17.6. The number of ether oxygens (including phenoxy) is 7. The van der Waals surface area contributed by atoms with Crippen molar-refractivity contribution in [2.75, 3.05) is 39.6 Å². The lowest BCUT2D eigenvalue weighted by Crippen LogP contribution is -2.24. The number of hydrogen-bond donors (Lipinski definition) is 0. The molecule has 10 heteroatoms. The van der Waals surface area contributed by atoms with Gasteiger partial charge in [0.05, 0.1) is 44.2 Å². The zero-order chi connectivity index (χ0) is 36.1. The van der Waals surface area contributed by atoms with Gasteiger partial charge in [-0.05, 0) is 117 Å². The van der Waals surface area contributed by atoms with Crippen molar-refractivity contribution < 1.29 is 47.5 Å². The normalized spacial score (nSPS) is 13.8. The summed E-state index contributed by atoms with van der Waals surface area (Å²) < 4.78 is 38.5. The van der Waals surface area contributed by atoms with E-state index in [1.165, 1.54) is 0 Å². The molecule has 0 amide bonds. The molecule has 3 aromatic carbocycles. The molecule has 1 aliphatic rings. The molecule has 0 N–H and O–H groups in total. The van der Waals surface area contributed by atoms with Crippen LogP contribution in [0.25, 0.3) is 11.1 Å². The Balaban J connectivity index is 1.08. The molecule has 1 aliphatic heterocycles. The van der Waals surface area contributed by atoms with Gasteiger partial charge in [0, 0.05) is 12.7 Å². The van der Waals surface area contributed by atoms with Gasteiger partial charge >= 0.3 is 17.9 Å². The Labute approximate surface area is 300 Å². The lowest BCUT2D eigenvalue weighted by atomic mass is 10.1.